The lowest BCUT2D eigenvalue weighted by Crippen LogP contribution is -2.32. The molecule has 0 bridgehead atoms. The molecule has 1 unspecified atom stereocenters. The Bertz CT molecular complexity index is 544. The lowest BCUT2D eigenvalue weighted by atomic mass is 10.3. The van der Waals surface area contributed by atoms with Crippen LogP contribution in [0.15, 0.2) is 30.6 Å². The van der Waals surface area contributed by atoms with Crippen LogP contribution in [0.1, 0.15) is 5.82 Å². The van der Waals surface area contributed by atoms with E-state index in [4.69, 9.17) is 4.74 Å². The molecule has 0 saturated heterocycles. The maximum absolute atomic E-state index is 12.7. The molecule has 6 nitrogen and oxygen atoms in total. The minimum absolute atomic E-state index is 0.153. The van der Waals surface area contributed by atoms with Crippen molar-refractivity contribution in [2.75, 3.05) is 19.7 Å². The summed E-state index contributed by atoms with van der Waals surface area (Å²) in [6.45, 7) is 1.24. The van der Waals surface area contributed by atoms with Crippen molar-refractivity contribution in [2.24, 2.45) is 7.05 Å². The van der Waals surface area contributed by atoms with Crippen LogP contribution < -0.4 is 10.1 Å². The first-order valence-electron chi connectivity index (χ1n) is 6.75. The van der Waals surface area contributed by atoms with Crippen LogP contribution in [-0.2, 0) is 13.5 Å². The van der Waals surface area contributed by atoms with E-state index >= 15 is 0 Å². The van der Waals surface area contributed by atoms with Crippen molar-refractivity contribution in [3.63, 3.8) is 0 Å². The number of nitrogens with one attached hydrogen (secondary N) is 1. The van der Waals surface area contributed by atoms with Gasteiger partial charge in [0.2, 0.25) is 0 Å². The third-order valence-corrected chi connectivity index (χ3v) is 2.81. The molecule has 2 rings (SSSR count). The summed E-state index contributed by atoms with van der Waals surface area (Å²) in [6, 6.07) is 5.70. The van der Waals surface area contributed by atoms with E-state index < -0.39 is 6.10 Å². The number of hydrogen-bond donors (Lipinski definition) is 2. The van der Waals surface area contributed by atoms with E-state index in [1.165, 1.54) is 24.3 Å². The minimum Gasteiger partial charge on any atom is -0.491 e. The largest absolute Gasteiger partial charge is 0.491 e. The standard InChI is InChI=1S/C14H19FN4O2/c1-19-10-17-14(18-19)6-7-16-8-12(20)9-21-13-4-2-11(15)3-5-13/h2-5,10,12,16,20H,6-9H2,1H3. The van der Waals surface area contributed by atoms with Crippen molar-refractivity contribution < 1.29 is 14.2 Å². The topological polar surface area (TPSA) is 72.2 Å². The van der Waals surface area contributed by atoms with Crippen LogP contribution in [0.2, 0.25) is 0 Å². The molecule has 0 fully saturated rings. The Morgan fingerprint density at radius 3 is 2.81 bits per heavy atom. The number of rotatable bonds is 8. The van der Waals surface area contributed by atoms with E-state index in [0.29, 0.717) is 25.3 Å². The molecule has 7 heteroatoms. The molecule has 114 valence electrons. The van der Waals surface area contributed by atoms with Gasteiger partial charge in [-0.3, -0.25) is 4.68 Å². The van der Waals surface area contributed by atoms with Crippen LogP contribution >= 0.6 is 0 Å². The molecule has 0 aliphatic heterocycles. The zero-order valence-electron chi connectivity index (χ0n) is 11.9. The number of aliphatic hydroxyl groups excluding tert-OH is 1. The van der Waals surface area contributed by atoms with E-state index in [9.17, 15) is 9.50 Å². The lowest BCUT2D eigenvalue weighted by molar-refractivity contribution is 0.106. The van der Waals surface area contributed by atoms with Crippen LogP contribution in [0, 0.1) is 5.82 Å². The zero-order chi connectivity index (χ0) is 15.1. The molecular formula is C14H19FN4O2. The SMILES string of the molecule is Cn1cnc(CCNCC(O)COc2ccc(F)cc2)n1. The highest BCUT2D eigenvalue weighted by atomic mass is 19.1. The molecule has 1 atom stereocenters. The van der Waals surface area contributed by atoms with Gasteiger partial charge in [-0.2, -0.15) is 5.10 Å². The minimum atomic E-state index is -0.633. The average molecular weight is 294 g/mol. The molecule has 21 heavy (non-hydrogen) atoms. The summed E-state index contributed by atoms with van der Waals surface area (Å²) >= 11 is 0. The summed E-state index contributed by atoms with van der Waals surface area (Å²) in [4.78, 5) is 4.11. The Labute approximate surface area is 122 Å². The maximum Gasteiger partial charge on any atom is 0.151 e. The summed E-state index contributed by atoms with van der Waals surface area (Å²) in [7, 11) is 1.82. The number of aryl methyl sites for hydroxylation is 1. The lowest BCUT2D eigenvalue weighted by Gasteiger charge is -2.13. The van der Waals surface area contributed by atoms with Crippen LogP contribution in [0.25, 0.3) is 0 Å². The molecule has 2 N–H and O–H groups in total. The number of aliphatic hydroxyl groups is 1. The highest BCUT2D eigenvalue weighted by molar-refractivity contribution is 5.22. The zero-order valence-corrected chi connectivity index (χ0v) is 11.9. The summed E-state index contributed by atoms with van der Waals surface area (Å²) in [5.41, 5.74) is 0. The van der Waals surface area contributed by atoms with Gasteiger partial charge < -0.3 is 15.2 Å². The van der Waals surface area contributed by atoms with Crippen LogP contribution in [0.4, 0.5) is 4.39 Å². The molecule has 0 spiro atoms. The van der Waals surface area contributed by atoms with Gasteiger partial charge >= 0.3 is 0 Å². The number of aromatic nitrogens is 3. The van der Waals surface area contributed by atoms with Crippen LogP contribution in [0.3, 0.4) is 0 Å². The predicted octanol–water partition coefficient (Wildman–Crippen LogP) is 0.526. The fraction of sp³-hybridized carbons (Fsp3) is 0.429. The Balaban J connectivity index is 1.59. The number of nitrogens with zero attached hydrogens (tertiary/aromatic N) is 3. The van der Waals surface area contributed by atoms with Gasteiger partial charge in [0.25, 0.3) is 0 Å². The van der Waals surface area contributed by atoms with E-state index in [-0.39, 0.29) is 12.4 Å². The molecule has 0 aliphatic carbocycles. The van der Waals surface area contributed by atoms with Crippen LogP contribution in [0.5, 0.6) is 5.75 Å². The van der Waals surface area contributed by atoms with Gasteiger partial charge in [0.1, 0.15) is 30.6 Å². The summed E-state index contributed by atoms with van der Waals surface area (Å²) < 4.78 is 19.7. The van der Waals surface area contributed by atoms with Crippen molar-refractivity contribution in [3.8, 4) is 5.75 Å². The highest BCUT2D eigenvalue weighted by Gasteiger charge is 2.05. The third-order valence-electron chi connectivity index (χ3n) is 2.81. The van der Waals surface area contributed by atoms with Gasteiger partial charge in [-0.1, -0.05) is 0 Å². The molecular weight excluding hydrogens is 275 g/mol. The fourth-order valence-electron chi connectivity index (χ4n) is 1.75. The van der Waals surface area contributed by atoms with Crippen molar-refractivity contribution in [3.05, 3.63) is 42.2 Å². The molecule has 0 saturated carbocycles. The second-order valence-corrected chi connectivity index (χ2v) is 4.71. The smallest absolute Gasteiger partial charge is 0.151 e. The summed E-state index contributed by atoms with van der Waals surface area (Å²) in [6.07, 6.45) is 1.72. The van der Waals surface area contributed by atoms with Crippen molar-refractivity contribution in [1.29, 1.82) is 0 Å². The van der Waals surface area contributed by atoms with E-state index in [1.807, 2.05) is 7.05 Å². The summed E-state index contributed by atoms with van der Waals surface area (Å²) in [5, 5.41) is 17.0. The Morgan fingerprint density at radius 1 is 1.38 bits per heavy atom. The average Bonchev–Trinajstić information content (AvgIpc) is 2.89. The Hall–Kier alpha value is -1.99. The Kier molecular flexibility index (Phi) is 5.65. The van der Waals surface area contributed by atoms with Gasteiger partial charge in [-0.05, 0) is 24.3 Å². The monoisotopic (exact) mass is 294 g/mol. The van der Waals surface area contributed by atoms with Crippen molar-refractivity contribution in [1.82, 2.24) is 20.1 Å². The number of hydrogen-bond acceptors (Lipinski definition) is 5. The molecule has 0 amide bonds. The highest BCUT2D eigenvalue weighted by Crippen LogP contribution is 2.11. The van der Waals surface area contributed by atoms with Crippen LogP contribution in [-0.4, -0.2) is 45.7 Å². The number of benzene rings is 1. The summed E-state index contributed by atoms with van der Waals surface area (Å²) in [5.74, 6) is 0.989. The number of halogens is 1. The molecule has 1 heterocycles. The van der Waals surface area contributed by atoms with E-state index in [1.54, 1.807) is 11.0 Å². The van der Waals surface area contributed by atoms with Crippen molar-refractivity contribution in [2.45, 2.75) is 12.5 Å². The molecule has 1 aromatic heterocycles. The van der Waals surface area contributed by atoms with Gasteiger partial charge in [-0.15, -0.1) is 0 Å². The third kappa shape index (κ3) is 5.49. The van der Waals surface area contributed by atoms with Crippen molar-refractivity contribution >= 4 is 0 Å². The maximum atomic E-state index is 12.7. The molecule has 0 radical (unpaired) electrons. The predicted molar refractivity (Wildman–Crippen MR) is 75.5 cm³/mol. The normalized spacial score (nSPS) is 12.3. The number of ether oxygens (including phenoxy) is 1. The van der Waals surface area contributed by atoms with E-state index in [2.05, 4.69) is 15.4 Å². The molecule has 2 aromatic rings. The van der Waals surface area contributed by atoms with Gasteiger partial charge in [0.05, 0.1) is 0 Å². The Morgan fingerprint density at radius 2 is 2.14 bits per heavy atom. The second-order valence-electron chi connectivity index (χ2n) is 4.71. The first kappa shape index (κ1) is 15.4. The first-order chi connectivity index (χ1) is 10.1. The second kappa shape index (κ2) is 7.70. The molecule has 0 aliphatic rings. The quantitative estimate of drug-likeness (QED) is 0.695. The molecule has 1 aromatic carbocycles. The van der Waals surface area contributed by atoms with Gasteiger partial charge in [-0.25, -0.2) is 9.37 Å². The fourth-order valence-corrected chi connectivity index (χ4v) is 1.75. The first-order valence-corrected chi connectivity index (χ1v) is 6.75. The van der Waals surface area contributed by atoms with Gasteiger partial charge in [0, 0.05) is 26.6 Å². The van der Waals surface area contributed by atoms with E-state index in [0.717, 1.165) is 5.82 Å². The van der Waals surface area contributed by atoms with Gasteiger partial charge in [0.15, 0.2) is 5.82 Å².